The van der Waals surface area contributed by atoms with Gasteiger partial charge in [0.1, 0.15) is 6.04 Å². The summed E-state index contributed by atoms with van der Waals surface area (Å²) in [6, 6.07) is 3.72. The number of carboxylic acid groups (broad SMARTS) is 1. The Labute approximate surface area is 136 Å². The molecular weight excluding hydrogens is 395 g/mol. The van der Waals surface area contributed by atoms with Gasteiger partial charge >= 0.3 is 12.0 Å². The topological polar surface area (TPSA) is 78.4 Å². The van der Waals surface area contributed by atoms with E-state index < -0.39 is 18.0 Å². The predicted molar refractivity (Wildman–Crippen MR) is 87.3 cm³/mol. The molecule has 1 rings (SSSR count). The second kappa shape index (κ2) is 8.31. The third kappa shape index (κ3) is 5.54. The third-order valence-electron chi connectivity index (χ3n) is 2.63. The van der Waals surface area contributed by atoms with Gasteiger partial charge in [0, 0.05) is 3.57 Å². The van der Waals surface area contributed by atoms with Crippen molar-refractivity contribution >= 4 is 51.9 Å². The number of hydrogen-bond donors (Lipinski definition) is 3. The van der Waals surface area contributed by atoms with E-state index in [4.69, 9.17) is 16.7 Å². The molecule has 1 atom stereocenters. The van der Waals surface area contributed by atoms with Crippen molar-refractivity contribution in [2.24, 2.45) is 0 Å². The molecule has 110 valence electrons. The molecule has 0 aliphatic carbocycles. The number of rotatable bonds is 6. The number of halogens is 2. The van der Waals surface area contributed by atoms with E-state index in [-0.39, 0.29) is 0 Å². The first-order valence-electron chi connectivity index (χ1n) is 6.19. The van der Waals surface area contributed by atoms with Crippen molar-refractivity contribution in [1.82, 2.24) is 5.32 Å². The zero-order valence-corrected chi connectivity index (χ0v) is 13.9. The molecule has 0 radical (unpaired) electrons. The molecule has 1 aromatic carbocycles. The molecule has 0 aromatic heterocycles. The molecule has 0 aliphatic rings. The molecule has 5 nitrogen and oxygen atoms in total. The number of nitrogens with one attached hydrogen (secondary N) is 2. The Morgan fingerprint density at radius 2 is 2.15 bits per heavy atom. The fourth-order valence-electron chi connectivity index (χ4n) is 1.57. The lowest BCUT2D eigenvalue weighted by Gasteiger charge is -2.15. The summed E-state index contributed by atoms with van der Waals surface area (Å²) in [6.45, 7) is 1.96. The summed E-state index contributed by atoms with van der Waals surface area (Å²) in [5, 5.41) is 14.4. The van der Waals surface area contributed by atoms with Crippen LogP contribution in [0, 0.1) is 3.57 Å². The Morgan fingerprint density at radius 1 is 1.45 bits per heavy atom. The molecule has 0 saturated carbocycles. The van der Waals surface area contributed by atoms with Crippen LogP contribution < -0.4 is 10.6 Å². The van der Waals surface area contributed by atoms with Crippen LogP contribution in [0.4, 0.5) is 10.5 Å². The minimum Gasteiger partial charge on any atom is -0.480 e. The standard InChI is InChI=1S/C13H16ClIN2O3/c1-2-3-4-11(12(18)19)17-13(20)16-10-6-5-8(15)7-9(10)14/h5-7,11H,2-4H2,1H3,(H,18,19)(H2,16,17,20)/t11-/m0/s1. The Morgan fingerprint density at radius 3 is 2.70 bits per heavy atom. The average molecular weight is 411 g/mol. The van der Waals surface area contributed by atoms with Gasteiger partial charge in [-0.15, -0.1) is 0 Å². The Hall–Kier alpha value is -1.02. The first-order valence-corrected chi connectivity index (χ1v) is 7.65. The van der Waals surface area contributed by atoms with Crippen molar-refractivity contribution in [3.8, 4) is 0 Å². The van der Waals surface area contributed by atoms with Crippen LogP contribution in [-0.4, -0.2) is 23.1 Å². The fourth-order valence-corrected chi connectivity index (χ4v) is 2.48. The number of anilines is 1. The number of urea groups is 1. The number of hydrogen-bond acceptors (Lipinski definition) is 2. The van der Waals surface area contributed by atoms with Crippen molar-refractivity contribution in [3.05, 3.63) is 26.8 Å². The lowest BCUT2D eigenvalue weighted by molar-refractivity contribution is -0.139. The van der Waals surface area contributed by atoms with Crippen LogP contribution in [0.15, 0.2) is 18.2 Å². The maximum atomic E-state index is 11.8. The quantitative estimate of drug-likeness (QED) is 0.626. The van der Waals surface area contributed by atoms with E-state index in [1.54, 1.807) is 18.2 Å². The van der Waals surface area contributed by atoms with Gasteiger partial charge in [0.05, 0.1) is 10.7 Å². The molecule has 1 aromatic rings. The summed E-state index contributed by atoms with van der Waals surface area (Å²) in [5.74, 6) is -1.04. The Balaban J connectivity index is 2.63. The largest absolute Gasteiger partial charge is 0.480 e. The highest BCUT2D eigenvalue weighted by Gasteiger charge is 2.19. The van der Waals surface area contributed by atoms with Crippen molar-refractivity contribution in [2.75, 3.05) is 5.32 Å². The van der Waals surface area contributed by atoms with Gasteiger partial charge in [-0.2, -0.15) is 0 Å². The second-order valence-electron chi connectivity index (χ2n) is 4.26. The molecule has 2 amide bonds. The normalized spacial score (nSPS) is 11.8. The van der Waals surface area contributed by atoms with E-state index in [1.807, 2.05) is 6.92 Å². The minimum absolute atomic E-state index is 0.402. The number of aliphatic carboxylic acids is 1. The number of carboxylic acids is 1. The van der Waals surface area contributed by atoms with Crippen molar-refractivity contribution < 1.29 is 14.7 Å². The van der Waals surface area contributed by atoms with Crippen molar-refractivity contribution in [3.63, 3.8) is 0 Å². The van der Waals surface area contributed by atoms with E-state index in [1.165, 1.54) is 0 Å². The number of carbonyl (C=O) groups is 2. The van der Waals surface area contributed by atoms with Crippen molar-refractivity contribution in [2.45, 2.75) is 32.2 Å². The Bertz CT molecular complexity index is 497. The minimum atomic E-state index is -1.04. The monoisotopic (exact) mass is 410 g/mol. The van der Waals surface area contributed by atoms with Gasteiger partial charge in [0.2, 0.25) is 0 Å². The van der Waals surface area contributed by atoms with Crippen LogP contribution in [0.2, 0.25) is 5.02 Å². The molecule has 0 unspecified atom stereocenters. The van der Waals surface area contributed by atoms with Gasteiger partial charge in [-0.1, -0.05) is 31.4 Å². The summed E-state index contributed by atoms with van der Waals surface area (Å²) in [7, 11) is 0. The van der Waals surface area contributed by atoms with Gasteiger partial charge < -0.3 is 15.7 Å². The molecule has 3 N–H and O–H groups in total. The maximum absolute atomic E-state index is 11.8. The highest BCUT2D eigenvalue weighted by atomic mass is 127. The molecular formula is C13H16ClIN2O3. The average Bonchev–Trinajstić information content (AvgIpc) is 2.37. The lowest BCUT2D eigenvalue weighted by atomic mass is 10.1. The van der Waals surface area contributed by atoms with Crippen LogP contribution in [0.1, 0.15) is 26.2 Å². The predicted octanol–water partition coefficient (Wildman–Crippen LogP) is 3.71. The van der Waals surface area contributed by atoms with Crippen LogP contribution in [0.25, 0.3) is 0 Å². The molecule has 0 aliphatic heterocycles. The van der Waals surface area contributed by atoms with E-state index in [2.05, 4.69) is 33.2 Å². The number of benzene rings is 1. The lowest BCUT2D eigenvalue weighted by Crippen LogP contribution is -2.43. The van der Waals surface area contributed by atoms with E-state index in [9.17, 15) is 9.59 Å². The SMILES string of the molecule is CCCC[C@H](NC(=O)Nc1ccc(I)cc1Cl)C(=O)O. The van der Waals surface area contributed by atoms with Crippen molar-refractivity contribution in [1.29, 1.82) is 0 Å². The molecule has 0 saturated heterocycles. The van der Waals surface area contributed by atoms with Crippen LogP contribution in [0.5, 0.6) is 0 Å². The van der Waals surface area contributed by atoms with Gasteiger partial charge in [0.25, 0.3) is 0 Å². The first kappa shape index (κ1) is 17.0. The zero-order valence-electron chi connectivity index (χ0n) is 11.0. The summed E-state index contributed by atoms with van der Waals surface area (Å²) in [5.41, 5.74) is 0.448. The van der Waals surface area contributed by atoms with E-state index in [0.717, 1.165) is 16.4 Å². The highest BCUT2D eigenvalue weighted by Crippen LogP contribution is 2.23. The summed E-state index contributed by atoms with van der Waals surface area (Å²) in [4.78, 5) is 22.8. The molecule has 0 bridgehead atoms. The first-order chi connectivity index (χ1) is 9.43. The van der Waals surface area contributed by atoms with Gasteiger partial charge in [0.15, 0.2) is 0 Å². The molecule has 0 fully saturated rings. The zero-order chi connectivity index (χ0) is 15.1. The fraction of sp³-hybridized carbons (Fsp3) is 0.385. The number of carbonyl (C=O) groups excluding carboxylic acids is 1. The summed E-state index contributed by atoms with van der Waals surface area (Å²) < 4.78 is 0.949. The van der Waals surface area contributed by atoms with Crippen LogP contribution in [0.3, 0.4) is 0 Å². The molecule has 0 spiro atoms. The number of amides is 2. The van der Waals surface area contributed by atoms with Crippen LogP contribution in [-0.2, 0) is 4.79 Å². The van der Waals surface area contributed by atoms with E-state index >= 15 is 0 Å². The Kier molecular flexibility index (Phi) is 7.08. The van der Waals surface area contributed by atoms with Gasteiger partial charge in [-0.3, -0.25) is 0 Å². The van der Waals surface area contributed by atoms with Gasteiger partial charge in [-0.05, 0) is 47.2 Å². The second-order valence-corrected chi connectivity index (χ2v) is 5.91. The summed E-state index contributed by atoms with van der Waals surface area (Å²) in [6.07, 6.45) is 2.01. The number of unbranched alkanes of at least 4 members (excludes halogenated alkanes) is 1. The highest BCUT2D eigenvalue weighted by molar-refractivity contribution is 14.1. The molecule has 0 heterocycles. The molecule has 20 heavy (non-hydrogen) atoms. The maximum Gasteiger partial charge on any atom is 0.326 e. The van der Waals surface area contributed by atoms with Gasteiger partial charge in [-0.25, -0.2) is 9.59 Å². The smallest absolute Gasteiger partial charge is 0.326 e. The third-order valence-corrected chi connectivity index (χ3v) is 3.61. The summed E-state index contributed by atoms with van der Waals surface area (Å²) >= 11 is 8.10. The van der Waals surface area contributed by atoms with Crippen LogP contribution >= 0.6 is 34.2 Å². The van der Waals surface area contributed by atoms with E-state index in [0.29, 0.717) is 17.1 Å². The molecule has 7 heteroatoms.